The summed E-state index contributed by atoms with van der Waals surface area (Å²) in [7, 11) is 0. The van der Waals surface area contributed by atoms with E-state index in [4.69, 9.17) is 5.21 Å². The molecular weight excluding hydrogens is 138 g/mol. The van der Waals surface area contributed by atoms with Crippen molar-refractivity contribution in [2.75, 3.05) is 0 Å². The lowest BCUT2D eigenvalue weighted by atomic mass is 9.85. The smallest absolute Gasteiger partial charge is 0.0626 e. The Balaban J connectivity index is 4.21. The highest BCUT2D eigenvalue weighted by atomic mass is 16.4. The van der Waals surface area contributed by atoms with Gasteiger partial charge in [0.05, 0.1) is 5.71 Å². The predicted molar refractivity (Wildman–Crippen MR) is 48.1 cm³/mol. The summed E-state index contributed by atoms with van der Waals surface area (Å²) in [5, 5.41) is 12.0. The van der Waals surface area contributed by atoms with Gasteiger partial charge >= 0.3 is 0 Å². The van der Waals surface area contributed by atoms with Crippen LogP contribution in [0.2, 0.25) is 0 Å². The second-order valence-corrected chi connectivity index (χ2v) is 4.39. The lowest BCUT2D eigenvalue weighted by Crippen LogP contribution is -2.21. The summed E-state index contributed by atoms with van der Waals surface area (Å²) in [4.78, 5) is 0. The standard InChI is InChI=1S/C9H19NO/c1-7(2)6-8(10-11)9(3,4)5/h7,11H,6H2,1-5H3. The molecule has 0 saturated heterocycles. The van der Waals surface area contributed by atoms with E-state index in [0.717, 1.165) is 12.1 Å². The third-order valence-electron chi connectivity index (χ3n) is 1.59. The molecule has 0 amide bonds. The van der Waals surface area contributed by atoms with Crippen molar-refractivity contribution in [1.82, 2.24) is 0 Å². The van der Waals surface area contributed by atoms with Gasteiger partial charge in [0, 0.05) is 5.41 Å². The van der Waals surface area contributed by atoms with Crippen molar-refractivity contribution in [3.63, 3.8) is 0 Å². The maximum absolute atomic E-state index is 8.70. The zero-order chi connectivity index (χ0) is 9.07. The van der Waals surface area contributed by atoms with E-state index in [0.29, 0.717) is 5.92 Å². The Hall–Kier alpha value is -0.530. The van der Waals surface area contributed by atoms with E-state index in [1.165, 1.54) is 0 Å². The second-order valence-electron chi connectivity index (χ2n) is 4.39. The van der Waals surface area contributed by atoms with Crippen LogP contribution in [0.5, 0.6) is 0 Å². The summed E-state index contributed by atoms with van der Waals surface area (Å²) >= 11 is 0. The van der Waals surface area contributed by atoms with Crippen LogP contribution >= 0.6 is 0 Å². The highest BCUT2D eigenvalue weighted by molar-refractivity contribution is 5.88. The lowest BCUT2D eigenvalue weighted by Gasteiger charge is -2.21. The number of rotatable bonds is 2. The first-order valence-corrected chi connectivity index (χ1v) is 4.09. The molecule has 0 bridgehead atoms. The molecule has 0 atom stereocenters. The fraction of sp³-hybridized carbons (Fsp3) is 0.889. The van der Waals surface area contributed by atoms with Crippen LogP contribution in [-0.2, 0) is 0 Å². The van der Waals surface area contributed by atoms with Crippen LogP contribution in [0, 0.1) is 11.3 Å². The molecule has 0 aliphatic rings. The molecule has 0 spiro atoms. The monoisotopic (exact) mass is 157 g/mol. The van der Waals surface area contributed by atoms with Gasteiger partial charge in [-0.1, -0.05) is 39.8 Å². The second kappa shape index (κ2) is 3.74. The van der Waals surface area contributed by atoms with Gasteiger partial charge in [0.2, 0.25) is 0 Å². The van der Waals surface area contributed by atoms with E-state index < -0.39 is 0 Å². The van der Waals surface area contributed by atoms with E-state index in [9.17, 15) is 0 Å². The van der Waals surface area contributed by atoms with E-state index >= 15 is 0 Å². The first-order valence-electron chi connectivity index (χ1n) is 4.09. The first-order chi connectivity index (χ1) is 4.88. The van der Waals surface area contributed by atoms with Crippen LogP contribution in [0.1, 0.15) is 41.0 Å². The lowest BCUT2D eigenvalue weighted by molar-refractivity contribution is 0.307. The fourth-order valence-corrected chi connectivity index (χ4v) is 0.884. The molecule has 0 rings (SSSR count). The van der Waals surface area contributed by atoms with E-state index in [1.54, 1.807) is 0 Å². The number of hydrogen-bond donors (Lipinski definition) is 1. The van der Waals surface area contributed by atoms with Crippen molar-refractivity contribution < 1.29 is 5.21 Å². The van der Waals surface area contributed by atoms with Gasteiger partial charge < -0.3 is 5.21 Å². The molecule has 2 nitrogen and oxygen atoms in total. The molecule has 0 aliphatic carbocycles. The molecule has 0 aromatic rings. The fourth-order valence-electron chi connectivity index (χ4n) is 0.884. The summed E-state index contributed by atoms with van der Waals surface area (Å²) in [6.45, 7) is 10.4. The van der Waals surface area contributed by atoms with Crippen molar-refractivity contribution in [2.24, 2.45) is 16.5 Å². The zero-order valence-corrected chi connectivity index (χ0v) is 8.18. The molecule has 0 saturated carbocycles. The molecule has 2 heteroatoms. The Labute approximate surface area is 69.3 Å². The third kappa shape index (κ3) is 4.02. The average Bonchev–Trinajstić information content (AvgIpc) is 1.79. The van der Waals surface area contributed by atoms with Gasteiger partial charge in [-0.05, 0) is 12.3 Å². The molecule has 0 aliphatic heterocycles. The van der Waals surface area contributed by atoms with Crippen LogP contribution in [0.25, 0.3) is 0 Å². The van der Waals surface area contributed by atoms with Crippen molar-refractivity contribution in [2.45, 2.75) is 41.0 Å². The SMILES string of the molecule is CC(C)CC(=NO)C(C)(C)C. The average molecular weight is 157 g/mol. The van der Waals surface area contributed by atoms with Gasteiger partial charge in [-0.2, -0.15) is 0 Å². The third-order valence-corrected chi connectivity index (χ3v) is 1.59. The Morgan fingerprint density at radius 2 is 1.82 bits per heavy atom. The zero-order valence-electron chi connectivity index (χ0n) is 8.18. The van der Waals surface area contributed by atoms with Crippen LogP contribution in [0.15, 0.2) is 5.16 Å². The van der Waals surface area contributed by atoms with Gasteiger partial charge in [-0.25, -0.2) is 0 Å². The van der Waals surface area contributed by atoms with E-state index in [1.807, 2.05) is 0 Å². The number of nitrogens with zero attached hydrogens (tertiary/aromatic N) is 1. The molecule has 0 aromatic heterocycles. The molecular formula is C9H19NO. The summed E-state index contributed by atoms with van der Waals surface area (Å²) in [6, 6.07) is 0. The quantitative estimate of drug-likeness (QED) is 0.373. The van der Waals surface area contributed by atoms with Crippen molar-refractivity contribution >= 4 is 5.71 Å². The number of oxime groups is 1. The van der Waals surface area contributed by atoms with Crippen molar-refractivity contribution in [1.29, 1.82) is 0 Å². The van der Waals surface area contributed by atoms with Gasteiger partial charge in [-0.3, -0.25) is 0 Å². The first kappa shape index (κ1) is 10.5. The highest BCUT2D eigenvalue weighted by Gasteiger charge is 2.19. The van der Waals surface area contributed by atoms with E-state index in [-0.39, 0.29) is 5.41 Å². The summed E-state index contributed by atoms with van der Waals surface area (Å²) in [5.41, 5.74) is 0.881. The van der Waals surface area contributed by atoms with Gasteiger partial charge in [-0.15, -0.1) is 0 Å². The topological polar surface area (TPSA) is 32.6 Å². The Kier molecular flexibility index (Phi) is 3.56. The summed E-state index contributed by atoms with van der Waals surface area (Å²) < 4.78 is 0. The normalized spacial score (nSPS) is 14.2. The molecule has 0 heterocycles. The van der Waals surface area contributed by atoms with Crippen LogP contribution in [0.3, 0.4) is 0 Å². The molecule has 0 fully saturated rings. The minimum atomic E-state index is -0.000972. The number of hydrogen-bond acceptors (Lipinski definition) is 2. The predicted octanol–water partition coefficient (Wildman–Crippen LogP) is 2.91. The van der Waals surface area contributed by atoms with Gasteiger partial charge in [0.15, 0.2) is 0 Å². The molecule has 11 heavy (non-hydrogen) atoms. The Morgan fingerprint density at radius 3 is 1.91 bits per heavy atom. The van der Waals surface area contributed by atoms with Crippen molar-refractivity contribution in [3.8, 4) is 0 Å². The minimum absolute atomic E-state index is 0.000972. The van der Waals surface area contributed by atoms with E-state index in [2.05, 4.69) is 39.8 Å². The van der Waals surface area contributed by atoms with Crippen LogP contribution in [0.4, 0.5) is 0 Å². The van der Waals surface area contributed by atoms with Crippen molar-refractivity contribution in [3.05, 3.63) is 0 Å². The Morgan fingerprint density at radius 1 is 1.36 bits per heavy atom. The summed E-state index contributed by atoms with van der Waals surface area (Å²) in [6.07, 6.45) is 0.875. The van der Waals surface area contributed by atoms with Crippen LogP contribution in [-0.4, -0.2) is 10.9 Å². The molecule has 0 aromatic carbocycles. The van der Waals surface area contributed by atoms with Crippen LogP contribution < -0.4 is 0 Å². The minimum Gasteiger partial charge on any atom is -0.411 e. The highest BCUT2D eigenvalue weighted by Crippen LogP contribution is 2.20. The van der Waals surface area contributed by atoms with Gasteiger partial charge in [0.25, 0.3) is 0 Å². The maximum Gasteiger partial charge on any atom is 0.0626 e. The maximum atomic E-state index is 8.70. The molecule has 0 unspecified atom stereocenters. The molecule has 66 valence electrons. The van der Waals surface area contributed by atoms with Gasteiger partial charge in [0.1, 0.15) is 0 Å². The largest absolute Gasteiger partial charge is 0.411 e. The molecule has 1 N–H and O–H groups in total. The molecule has 0 radical (unpaired) electrons. The summed E-state index contributed by atoms with van der Waals surface area (Å²) in [5.74, 6) is 0.556. The Bertz CT molecular complexity index is 142.